The Kier molecular flexibility index (Phi) is 6.27. The van der Waals surface area contributed by atoms with Crippen LogP contribution in [-0.2, 0) is 6.18 Å². The normalized spacial score (nSPS) is 27.1. The molecule has 3 rings (SSSR count). The summed E-state index contributed by atoms with van der Waals surface area (Å²) in [7, 11) is 0. The van der Waals surface area contributed by atoms with Gasteiger partial charge in [0.15, 0.2) is 5.17 Å². The number of alkyl halides is 3. The van der Waals surface area contributed by atoms with E-state index in [0.717, 1.165) is 18.9 Å². The fourth-order valence-corrected chi connectivity index (χ4v) is 3.81. The van der Waals surface area contributed by atoms with Gasteiger partial charge in [-0.25, -0.2) is 0 Å². The Labute approximate surface area is 160 Å². The lowest BCUT2D eigenvalue weighted by atomic mass is 9.92. The zero-order valence-corrected chi connectivity index (χ0v) is 16.3. The number of fused-ring (bicyclic) bond motifs is 2. The van der Waals surface area contributed by atoms with Crippen LogP contribution < -0.4 is 10.6 Å². The van der Waals surface area contributed by atoms with Gasteiger partial charge in [0, 0.05) is 25.0 Å². The summed E-state index contributed by atoms with van der Waals surface area (Å²) in [6, 6.07) is 2.98. The molecule has 2 aliphatic rings. The number of halogens is 4. The molecule has 2 heterocycles. The molecule has 0 radical (unpaired) electrons. The SMILES string of the molecule is CS/C(N)=N\[C@H]1[C@@H]2CC[C@H]1CN(c1ccnc(C(F)(F)F)c1)C2.I. The minimum Gasteiger partial charge on any atom is -0.379 e. The van der Waals surface area contributed by atoms with Crippen LogP contribution in [0, 0.1) is 11.8 Å². The number of hydrogen-bond donors (Lipinski definition) is 1. The number of rotatable bonds is 2. The van der Waals surface area contributed by atoms with Gasteiger partial charge in [0.25, 0.3) is 0 Å². The Hall–Kier alpha value is -0.710. The smallest absolute Gasteiger partial charge is 0.379 e. The second-order valence-corrected chi connectivity index (χ2v) is 6.89. The summed E-state index contributed by atoms with van der Waals surface area (Å²) in [4.78, 5) is 10.1. The van der Waals surface area contributed by atoms with Crippen LogP contribution in [-0.4, -0.2) is 35.5 Å². The Morgan fingerprint density at radius 1 is 1.33 bits per heavy atom. The van der Waals surface area contributed by atoms with Crippen LogP contribution in [0.25, 0.3) is 0 Å². The largest absolute Gasteiger partial charge is 0.433 e. The maximum atomic E-state index is 12.8. The number of nitrogens with zero attached hydrogens (tertiary/aromatic N) is 3. The van der Waals surface area contributed by atoms with Gasteiger partial charge in [-0.2, -0.15) is 13.2 Å². The fraction of sp³-hybridized carbons (Fsp3) is 0.600. The molecule has 1 aliphatic carbocycles. The number of thioether (sulfide) groups is 1. The molecule has 1 aromatic rings. The Balaban J connectivity index is 0.00000208. The van der Waals surface area contributed by atoms with Gasteiger partial charge in [0.2, 0.25) is 0 Å². The predicted octanol–water partition coefficient (Wildman–Crippen LogP) is 3.61. The molecule has 3 atom stereocenters. The monoisotopic (exact) mass is 472 g/mol. The van der Waals surface area contributed by atoms with Gasteiger partial charge in [-0.3, -0.25) is 9.98 Å². The van der Waals surface area contributed by atoms with Gasteiger partial charge in [-0.15, -0.1) is 24.0 Å². The van der Waals surface area contributed by atoms with Crippen molar-refractivity contribution in [2.24, 2.45) is 22.6 Å². The van der Waals surface area contributed by atoms with Crippen LogP contribution in [0.15, 0.2) is 23.3 Å². The van der Waals surface area contributed by atoms with E-state index < -0.39 is 11.9 Å². The lowest BCUT2D eigenvalue weighted by Gasteiger charge is -2.37. The van der Waals surface area contributed by atoms with Gasteiger partial charge in [0.05, 0.1) is 6.04 Å². The number of piperidine rings is 1. The number of pyridine rings is 1. The third-order valence-corrected chi connectivity index (χ3v) is 5.19. The van der Waals surface area contributed by atoms with E-state index in [1.807, 2.05) is 11.2 Å². The summed E-state index contributed by atoms with van der Waals surface area (Å²) >= 11 is 1.43. The van der Waals surface area contributed by atoms with Gasteiger partial charge in [-0.1, -0.05) is 11.8 Å². The quantitative estimate of drug-likeness (QED) is 0.406. The van der Waals surface area contributed by atoms with Crippen molar-refractivity contribution in [2.45, 2.75) is 25.1 Å². The summed E-state index contributed by atoms with van der Waals surface area (Å²) in [5.74, 6) is 0.698. The van der Waals surface area contributed by atoms with Crippen molar-refractivity contribution in [3.8, 4) is 0 Å². The summed E-state index contributed by atoms with van der Waals surface area (Å²) < 4.78 is 38.5. The molecular formula is C15H20F3IN4S. The average Bonchev–Trinajstić information content (AvgIpc) is 2.75. The molecule has 0 aromatic carbocycles. The van der Waals surface area contributed by atoms with Crippen LogP contribution in [0.4, 0.5) is 18.9 Å². The third-order valence-electron chi connectivity index (χ3n) is 4.67. The second-order valence-electron chi connectivity index (χ2n) is 6.06. The number of anilines is 1. The van der Waals surface area contributed by atoms with E-state index in [0.29, 0.717) is 35.8 Å². The highest BCUT2D eigenvalue weighted by atomic mass is 127. The standard InChI is InChI=1S/C15H19F3N4S.HI/c1-23-14(19)21-13-9-2-3-10(13)8-22(7-9)11-4-5-20-12(6-11)15(16,17)18;/h4-6,9-10,13H,2-3,7-8H2,1H3,(H2,19,21);1H/t9-,10+,13+;. The summed E-state index contributed by atoms with van der Waals surface area (Å²) in [5, 5.41) is 0.587. The van der Waals surface area contributed by atoms with Gasteiger partial charge in [-0.05, 0) is 43.1 Å². The summed E-state index contributed by atoms with van der Waals surface area (Å²) in [5.41, 5.74) is 5.58. The van der Waals surface area contributed by atoms with E-state index >= 15 is 0 Å². The molecule has 4 nitrogen and oxygen atoms in total. The Morgan fingerprint density at radius 3 is 2.50 bits per heavy atom. The number of amidine groups is 1. The first-order chi connectivity index (χ1) is 10.9. The molecule has 134 valence electrons. The minimum atomic E-state index is -4.41. The van der Waals surface area contributed by atoms with Gasteiger partial charge >= 0.3 is 6.18 Å². The molecule has 1 saturated carbocycles. The summed E-state index contributed by atoms with van der Waals surface area (Å²) in [6.07, 6.45) is 0.814. The molecule has 1 aliphatic heterocycles. The molecule has 9 heteroatoms. The molecule has 1 aromatic heterocycles. The van der Waals surface area contributed by atoms with E-state index in [1.165, 1.54) is 18.0 Å². The second kappa shape index (κ2) is 7.67. The van der Waals surface area contributed by atoms with Crippen LogP contribution in [0.2, 0.25) is 0 Å². The van der Waals surface area contributed by atoms with Crippen LogP contribution in [0.5, 0.6) is 0 Å². The highest BCUT2D eigenvalue weighted by Gasteiger charge is 2.42. The third kappa shape index (κ3) is 4.09. The van der Waals surface area contributed by atoms with Gasteiger partial charge < -0.3 is 10.6 Å². The van der Waals surface area contributed by atoms with Crippen molar-refractivity contribution in [3.63, 3.8) is 0 Å². The molecule has 1 saturated heterocycles. The molecule has 0 amide bonds. The highest BCUT2D eigenvalue weighted by molar-refractivity contribution is 14.0. The van der Waals surface area contributed by atoms with Crippen molar-refractivity contribution in [1.82, 2.24) is 4.98 Å². The van der Waals surface area contributed by atoms with E-state index in [2.05, 4.69) is 9.98 Å². The molecule has 0 spiro atoms. The first kappa shape index (κ1) is 19.6. The number of hydrogen-bond acceptors (Lipinski definition) is 4. The van der Waals surface area contributed by atoms with Gasteiger partial charge in [0.1, 0.15) is 5.69 Å². The maximum absolute atomic E-state index is 12.8. The van der Waals surface area contributed by atoms with E-state index in [9.17, 15) is 13.2 Å². The number of aromatic nitrogens is 1. The zero-order chi connectivity index (χ0) is 16.6. The topological polar surface area (TPSA) is 54.5 Å². The van der Waals surface area contributed by atoms with Crippen LogP contribution in [0.3, 0.4) is 0 Å². The van der Waals surface area contributed by atoms with Crippen molar-refractivity contribution in [1.29, 1.82) is 0 Å². The lowest BCUT2D eigenvalue weighted by Crippen LogP contribution is -2.44. The Bertz CT molecular complexity index is 597. The average molecular weight is 472 g/mol. The molecule has 24 heavy (non-hydrogen) atoms. The van der Waals surface area contributed by atoms with Crippen LogP contribution >= 0.6 is 35.7 Å². The molecular weight excluding hydrogens is 452 g/mol. The highest BCUT2D eigenvalue weighted by Crippen LogP contribution is 2.41. The van der Waals surface area contributed by atoms with E-state index in [-0.39, 0.29) is 30.0 Å². The number of nitrogens with two attached hydrogens (primary N) is 1. The van der Waals surface area contributed by atoms with Crippen LogP contribution in [0.1, 0.15) is 18.5 Å². The zero-order valence-electron chi connectivity index (χ0n) is 13.2. The molecule has 2 fully saturated rings. The van der Waals surface area contributed by atoms with Crippen molar-refractivity contribution in [3.05, 3.63) is 24.0 Å². The Morgan fingerprint density at radius 2 is 1.96 bits per heavy atom. The van der Waals surface area contributed by atoms with Crippen molar-refractivity contribution in [2.75, 3.05) is 24.2 Å². The number of aliphatic imine (C=N–C) groups is 1. The summed E-state index contributed by atoms with van der Waals surface area (Å²) in [6.45, 7) is 1.43. The molecule has 0 unspecified atom stereocenters. The first-order valence-electron chi connectivity index (χ1n) is 7.54. The van der Waals surface area contributed by atoms with Crippen molar-refractivity contribution >= 4 is 46.6 Å². The fourth-order valence-electron chi connectivity index (χ4n) is 3.59. The first-order valence-corrected chi connectivity index (χ1v) is 8.76. The van der Waals surface area contributed by atoms with Crippen molar-refractivity contribution < 1.29 is 13.2 Å². The minimum absolute atomic E-state index is 0. The predicted molar refractivity (Wildman–Crippen MR) is 102 cm³/mol. The molecule has 2 bridgehead atoms. The van der Waals surface area contributed by atoms with E-state index in [4.69, 9.17) is 5.73 Å². The molecule has 2 N–H and O–H groups in total. The lowest BCUT2D eigenvalue weighted by molar-refractivity contribution is -0.141. The van der Waals surface area contributed by atoms with E-state index in [1.54, 1.807) is 6.07 Å². The maximum Gasteiger partial charge on any atom is 0.433 e.